The molecule has 7 rings (SSSR count). The van der Waals surface area contributed by atoms with Crippen molar-refractivity contribution in [1.29, 1.82) is 0 Å². The van der Waals surface area contributed by atoms with E-state index < -0.39 is 0 Å². The highest BCUT2D eigenvalue weighted by Gasteiger charge is 2.69. The van der Waals surface area contributed by atoms with E-state index in [1.165, 1.54) is 25.7 Å². The average Bonchev–Trinajstić information content (AvgIpc) is 3.61. The Bertz CT molecular complexity index is 1080. The molecule has 11 atom stereocenters. The molecule has 1 heterocycles. The van der Waals surface area contributed by atoms with Gasteiger partial charge in [0, 0.05) is 18.9 Å². The van der Waals surface area contributed by atoms with Crippen LogP contribution >= 0.6 is 0 Å². The molecule has 0 saturated heterocycles. The Balaban J connectivity index is 1.10. The number of rotatable bonds is 4. The van der Waals surface area contributed by atoms with Crippen molar-refractivity contribution in [3.8, 4) is 0 Å². The van der Waals surface area contributed by atoms with Crippen LogP contribution in [0.25, 0.3) is 0 Å². The van der Waals surface area contributed by atoms with Gasteiger partial charge in [-0.15, -0.1) is 0 Å². The molecule has 1 amide bonds. The molecule has 0 radical (unpaired) electrons. The first-order chi connectivity index (χ1) is 18.4. The molecule has 6 heteroatoms. The molecule has 38 heavy (non-hydrogen) atoms. The summed E-state index contributed by atoms with van der Waals surface area (Å²) in [5.41, 5.74) is 2.41. The standard InChI is InChI=1S/C32H46N2O4/c1-31-13-12-21(35)15-20(31)16-27(36)30-23-9-8-22-19(11-14-32(22,23)28(38-2)17-24(30)31)7-10-29(37)34-18-33-25-5-3-4-6-26(25)34/h3-6,19-24,27-28,30,33,35-36H,7-18H2,1-2H3/t19-,20-,21+,22+,23-,24-,27+,28-,30-,31-,32+/m0/s1. The quantitative estimate of drug-likeness (QED) is 0.507. The molecule has 1 aromatic carbocycles. The van der Waals surface area contributed by atoms with Gasteiger partial charge < -0.3 is 20.3 Å². The van der Waals surface area contributed by atoms with E-state index in [0.717, 1.165) is 49.9 Å². The SMILES string of the molecule is CO[C@H]1C[C@H]2[C@@H]([C@H](O)C[C@@H]3C[C@H](O)CC[C@@]32C)[C@@H]2CC[C@@H]3[C@@H](CCC(=O)N4CNc5ccccc54)CC[C@@]132. The molecular formula is C32H46N2O4. The van der Waals surface area contributed by atoms with Gasteiger partial charge in [0.1, 0.15) is 0 Å². The van der Waals surface area contributed by atoms with Crippen LogP contribution in [0.4, 0.5) is 11.4 Å². The Labute approximate surface area is 227 Å². The van der Waals surface area contributed by atoms with Crippen molar-refractivity contribution in [3.63, 3.8) is 0 Å². The molecule has 1 aliphatic heterocycles. The van der Waals surface area contributed by atoms with E-state index in [1.54, 1.807) is 0 Å². The minimum absolute atomic E-state index is 0.157. The van der Waals surface area contributed by atoms with Gasteiger partial charge in [0.25, 0.3) is 0 Å². The van der Waals surface area contributed by atoms with Crippen LogP contribution in [-0.2, 0) is 9.53 Å². The van der Waals surface area contributed by atoms with E-state index in [-0.39, 0.29) is 35.0 Å². The van der Waals surface area contributed by atoms with Gasteiger partial charge in [-0.1, -0.05) is 19.1 Å². The van der Waals surface area contributed by atoms with Crippen LogP contribution in [0.15, 0.2) is 24.3 Å². The van der Waals surface area contributed by atoms with Gasteiger partial charge in [0.2, 0.25) is 5.91 Å². The number of ether oxygens (including phenoxy) is 1. The van der Waals surface area contributed by atoms with Crippen LogP contribution in [-0.4, -0.2) is 48.2 Å². The van der Waals surface area contributed by atoms with Gasteiger partial charge in [0.15, 0.2) is 0 Å². The van der Waals surface area contributed by atoms with Crippen LogP contribution < -0.4 is 10.2 Å². The van der Waals surface area contributed by atoms with Gasteiger partial charge in [-0.2, -0.15) is 0 Å². The number of benzene rings is 1. The third kappa shape index (κ3) is 3.51. The van der Waals surface area contributed by atoms with Crippen molar-refractivity contribution in [2.24, 2.45) is 46.3 Å². The molecular weight excluding hydrogens is 476 g/mol. The number of aliphatic hydroxyl groups is 2. The highest BCUT2D eigenvalue weighted by atomic mass is 16.5. The molecule has 0 unspecified atom stereocenters. The van der Waals surface area contributed by atoms with Crippen molar-refractivity contribution in [3.05, 3.63) is 24.3 Å². The molecule has 5 aliphatic carbocycles. The van der Waals surface area contributed by atoms with Crippen LogP contribution in [0.5, 0.6) is 0 Å². The molecule has 0 bridgehead atoms. The predicted octanol–water partition coefficient (Wildman–Crippen LogP) is 5.19. The van der Waals surface area contributed by atoms with Crippen LogP contribution in [0.3, 0.4) is 0 Å². The molecule has 208 valence electrons. The first-order valence-electron chi connectivity index (χ1n) is 15.4. The number of carbonyl (C=O) groups excluding carboxylic acids is 1. The Morgan fingerprint density at radius 3 is 2.71 bits per heavy atom. The summed E-state index contributed by atoms with van der Waals surface area (Å²) in [6.07, 6.45) is 10.8. The average molecular weight is 523 g/mol. The summed E-state index contributed by atoms with van der Waals surface area (Å²) >= 11 is 0. The summed E-state index contributed by atoms with van der Waals surface area (Å²) < 4.78 is 6.42. The van der Waals surface area contributed by atoms with Gasteiger partial charge >= 0.3 is 0 Å². The number of hydrogen-bond acceptors (Lipinski definition) is 5. The molecule has 5 fully saturated rings. The third-order valence-electron chi connectivity index (χ3n) is 12.9. The lowest BCUT2D eigenvalue weighted by molar-refractivity contribution is -0.211. The van der Waals surface area contributed by atoms with Crippen LogP contribution in [0, 0.1) is 46.3 Å². The Kier molecular flexibility index (Phi) is 6.14. The van der Waals surface area contributed by atoms with Crippen molar-refractivity contribution < 1.29 is 19.7 Å². The number of nitrogens with zero attached hydrogens (tertiary/aromatic N) is 1. The van der Waals surface area contributed by atoms with E-state index in [1.807, 2.05) is 36.3 Å². The van der Waals surface area contributed by atoms with Crippen LogP contribution in [0.1, 0.15) is 77.6 Å². The lowest BCUT2D eigenvalue weighted by atomic mass is 9.43. The number of nitrogens with one attached hydrogen (secondary N) is 1. The van der Waals surface area contributed by atoms with Crippen molar-refractivity contribution in [2.45, 2.75) is 95.9 Å². The zero-order valence-electron chi connectivity index (χ0n) is 23.1. The zero-order chi connectivity index (χ0) is 26.2. The molecule has 1 aromatic rings. The second-order valence-corrected chi connectivity index (χ2v) is 14.0. The van der Waals surface area contributed by atoms with Gasteiger partial charge in [-0.05, 0) is 117 Å². The fourth-order valence-electron chi connectivity index (χ4n) is 11.3. The monoisotopic (exact) mass is 522 g/mol. The number of hydrogen-bond donors (Lipinski definition) is 3. The van der Waals surface area contributed by atoms with Gasteiger partial charge in [0.05, 0.1) is 36.4 Å². The maximum atomic E-state index is 13.3. The molecule has 1 spiro atoms. The summed E-state index contributed by atoms with van der Waals surface area (Å²) in [5, 5.41) is 25.4. The summed E-state index contributed by atoms with van der Waals surface area (Å²) in [5.74, 6) is 3.16. The topological polar surface area (TPSA) is 82.0 Å². The second kappa shape index (κ2) is 9.21. The zero-order valence-corrected chi connectivity index (χ0v) is 23.1. The van der Waals surface area contributed by atoms with Crippen molar-refractivity contribution >= 4 is 17.3 Å². The number of para-hydroxylation sites is 2. The van der Waals surface area contributed by atoms with E-state index in [4.69, 9.17) is 4.74 Å². The van der Waals surface area contributed by atoms with Crippen molar-refractivity contribution in [1.82, 2.24) is 0 Å². The fraction of sp³-hybridized carbons (Fsp3) is 0.781. The molecule has 0 aromatic heterocycles. The fourth-order valence-corrected chi connectivity index (χ4v) is 11.3. The maximum absolute atomic E-state index is 13.3. The first-order valence-corrected chi connectivity index (χ1v) is 15.4. The Morgan fingerprint density at radius 1 is 1.05 bits per heavy atom. The number of methoxy groups -OCH3 is 1. The van der Waals surface area contributed by atoms with Gasteiger partial charge in [-0.3, -0.25) is 9.69 Å². The summed E-state index contributed by atoms with van der Waals surface area (Å²) in [6.45, 7) is 3.04. The Hall–Kier alpha value is -1.63. The third-order valence-corrected chi connectivity index (χ3v) is 12.9. The number of amides is 1. The number of carbonyl (C=O) groups is 1. The molecule has 5 saturated carbocycles. The van der Waals surface area contributed by atoms with E-state index >= 15 is 0 Å². The minimum Gasteiger partial charge on any atom is -0.393 e. The largest absolute Gasteiger partial charge is 0.393 e. The highest BCUT2D eigenvalue weighted by Crippen LogP contribution is 2.72. The summed E-state index contributed by atoms with van der Waals surface area (Å²) in [7, 11) is 1.92. The van der Waals surface area contributed by atoms with E-state index in [2.05, 4.69) is 12.2 Å². The maximum Gasteiger partial charge on any atom is 0.228 e. The van der Waals surface area contributed by atoms with Crippen LogP contribution in [0.2, 0.25) is 0 Å². The smallest absolute Gasteiger partial charge is 0.228 e. The minimum atomic E-state index is -0.259. The number of fused-ring (bicyclic) bond motifs is 5. The number of aliphatic hydroxyl groups excluding tert-OH is 2. The molecule has 3 N–H and O–H groups in total. The van der Waals surface area contributed by atoms with Crippen molar-refractivity contribution in [2.75, 3.05) is 24.0 Å². The molecule has 6 aliphatic rings. The van der Waals surface area contributed by atoms with Gasteiger partial charge in [-0.25, -0.2) is 0 Å². The van der Waals surface area contributed by atoms with E-state index in [0.29, 0.717) is 48.6 Å². The summed E-state index contributed by atoms with van der Waals surface area (Å²) in [4.78, 5) is 15.2. The first kappa shape index (κ1) is 25.3. The van der Waals surface area contributed by atoms with E-state index in [9.17, 15) is 15.0 Å². The second-order valence-electron chi connectivity index (χ2n) is 14.0. The lowest BCUT2D eigenvalue weighted by Crippen LogP contribution is -2.62. The normalized spacial score (nSPS) is 46.9. The highest BCUT2D eigenvalue weighted by molar-refractivity contribution is 5.99. The lowest BCUT2D eigenvalue weighted by Gasteiger charge is -2.64. The molecule has 6 nitrogen and oxygen atoms in total. The summed E-state index contributed by atoms with van der Waals surface area (Å²) in [6, 6.07) is 8.09. The predicted molar refractivity (Wildman–Crippen MR) is 147 cm³/mol. The Morgan fingerprint density at radius 2 is 1.87 bits per heavy atom. The number of anilines is 2.